The molecule has 0 spiro atoms. The van der Waals surface area contributed by atoms with E-state index in [0.29, 0.717) is 10.6 Å². The van der Waals surface area contributed by atoms with Crippen LogP contribution in [0.5, 0.6) is 0 Å². The maximum atomic E-state index is 12.6. The van der Waals surface area contributed by atoms with Gasteiger partial charge in [0.25, 0.3) is 5.91 Å². The lowest BCUT2D eigenvalue weighted by molar-refractivity contribution is -0.148. The highest BCUT2D eigenvalue weighted by Crippen LogP contribution is 2.23. The molecule has 0 radical (unpaired) electrons. The number of hydrogen-bond acceptors (Lipinski definition) is 4. The van der Waals surface area contributed by atoms with E-state index in [0.717, 1.165) is 19.3 Å². The zero-order valence-corrected chi connectivity index (χ0v) is 16.6. The molecular formula is C22H22ClNO4. The van der Waals surface area contributed by atoms with Crippen molar-refractivity contribution in [3.63, 3.8) is 0 Å². The van der Waals surface area contributed by atoms with E-state index in [1.54, 1.807) is 30.3 Å². The Morgan fingerprint density at radius 2 is 1.75 bits per heavy atom. The molecule has 1 amide bonds. The highest BCUT2D eigenvalue weighted by molar-refractivity contribution is 6.33. The monoisotopic (exact) mass is 399 g/mol. The van der Waals surface area contributed by atoms with Crippen molar-refractivity contribution in [3.8, 4) is 0 Å². The number of fused-ring (bicyclic) bond motifs is 1. The highest BCUT2D eigenvalue weighted by Gasteiger charge is 2.25. The molecule has 6 heteroatoms. The van der Waals surface area contributed by atoms with Crippen LogP contribution in [0.2, 0.25) is 5.02 Å². The van der Waals surface area contributed by atoms with Gasteiger partial charge in [0.15, 0.2) is 6.10 Å². The number of hydrogen-bond donors (Lipinski definition) is 1. The molecule has 5 nitrogen and oxygen atoms in total. The van der Waals surface area contributed by atoms with Gasteiger partial charge >= 0.3 is 5.97 Å². The van der Waals surface area contributed by atoms with Gasteiger partial charge in [-0.05, 0) is 62.4 Å². The predicted octanol–water partition coefficient (Wildman–Crippen LogP) is 3.76. The molecule has 0 fully saturated rings. The SMILES string of the molecule is CC(NC(=O)c1ccccc1Cl)C(=O)OC(C)C(=O)c1ccc2c(c1)CCC2. The van der Waals surface area contributed by atoms with Gasteiger partial charge < -0.3 is 10.1 Å². The van der Waals surface area contributed by atoms with Crippen LogP contribution in [0.4, 0.5) is 0 Å². The zero-order valence-electron chi connectivity index (χ0n) is 15.8. The summed E-state index contributed by atoms with van der Waals surface area (Å²) in [5.74, 6) is -1.41. The Hall–Kier alpha value is -2.66. The molecule has 146 valence electrons. The molecular weight excluding hydrogens is 378 g/mol. The number of benzene rings is 2. The van der Waals surface area contributed by atoms with Crippen molar-refractivity contribution in [3.05, 3.63) is 69.7 Å². The predicted molar refractivity (Wildman–Crippen MR) is 107 cm³/mol. The molecule has 2 aromatic rings. The second kappa shape index (κ2) is 8.57. The summed E-state index contributed by atoms with van der Waals surface area (Å²) in [7, 11) is 0. The van der Waals surface area contributed by atoms with Crippen LogP contribution in [0.3, 0.4) is 0 Å². The largest absolute Gasteiger partial charge is 0.453 e. The lowest BCUT2D eigenvalue weighted by Gasteiger charge is -2.17. The number of ether oxygens (including phenoxy) is 1. The summed E-state index contributed by atoms with van der Waals surface area (Å²) in [6, 6.07) is 11.3. The zero-order chi connectivity index (χ0) is 20.3. The molecule has 1 aliphatic carbocycles. The third-order valence-corrected chi connectivity index (χ3v) is 5.19. The van der Waals surface area contributed by atoms with E-state index in [9.17, 15) is 14.4 Å². The number of esters is 1. The summed E-state index contributed by atoms with van der Waals surface area (Å²) >= 11 is 5.99. The molecule has 2 aromatic carbocycles. The Morgan fingerprint density at radius 1 is 1.04 bits per heavy atom. The Balaban J connectivity index is 1.59. The Morgan fingerprint density at radius 3 is 2.50 bits per heavy atom. The lowest BCUT2D eigenvalue weighted by Crippen LogP contribution is -2.41. The van der Waals surface area contributed by atoms with Crippen LogP contribution in [0.15, 0.2) is 42.5 Å². The quantitative estimate of drug-likeness (QED) is 0.593. The first-order chi connectivity index (χ1) is 13.4. The number of carbonyl (C=O) groups is 3. The van der Waals surface area contributed by atoms with Gasteiger partial charge in [0.2, 0.25) is 5.78 Å². The fourth-order valence-corrected chi connectivity index (χ4v) is 3.49. The van der Waals surface area contributed by atoms with Gasteiger partial charge in [0.1, 0.15) is 6.04 Å². The third kappa shape index (κ3) is 4.42. The van der Waals surface area contributed by atoms with E-state index < -0.39 is 24.0 Å². The summed E-state index contributed by atoms with van der Waals surface area (Å²) < 4.78 is 5.28. The van der Waals surface area contributed by atoms with Crippen molar-refractivity contribution >= 4 is 29.3 Å². The molecule has 0 aliphatic heterocycles. The minimum absolute atomic E-state index is 0.257. The van der Waals surface area contributed by atoms with Crippen LogP contribution < -0.4 is 5.32 Å². The molecule has 28 heavy (non-hydrogen) atoms. The summed E-state index contributed by atoms with van der Waals surface area (Å²) in [5.41, 5.74) is 3.27. The first-order valence-electron chi connectivity index (χ1n) is 9.28. The molecule has 1 aliphatic rings. The topological polar surface area (TPSA) is 72.5 Å². The van der Waals surface area contributed by atoms with Crippen LogP contribution in [0.1, 0.15) is 52.1 Å². The number of Topliss-reactive ketones (excluding diaryl/α,β-unsaturated/α-hetero) is 1. The van der Waals surface area contributed by atoms with Crippen molar-refractivity contribution in [1.29, 1.82) is 0 Å². The van der Waals surface area contributed by atoms with Gasteiger partial charge in [0, 0.05) is 5.56 Å². The molecule has 0 aromatic heterocycles. The van der Waals surface area contributed by atoms with E-state index in [1.807, 2.05) is 12.1 Å². The first-order valence-corrected chi connectivity index (χ1v) is 9.66. The van der Waals surface area contributed by atoms with E-state index >= 15 is 0 Å². The van der Waals surface area contributed by atoms with Crippen molar-refractivity contribution in [2.24, 2.45) is 0 Å². The molecule has 1 N–H and O–H groups in total. The van der Waals surface area contributed by atoms with Crippen LogP contribution in [0, 0.1) is 0 Å². The summed E-state index contributed by atoms with van der Waals surface area (Å²) in [6.45, 7) is 3.04. The molecule has 2 unspecified atom stereocenters. The smallest absolute Gasteiger partial charge is 0.329 e. The number of ketones is 1. The van der Waals surface area contributed by atoms with Gasteiger partial charge in [0.05, 0.1) is 10.6 Å². The number of halogens is 1. The maximum Gasteiger partial charge on any atom is 0.329 e. The van der Waals surface area contributed by atoms with Gasteiger partial charge in [-0.15, -0.1) is 0 Å². The van der Waals surface area contributed by atoms with Crippen LogP contribution >= 0.6 is 11.6 Å². The van der Waals surface area contributed by atoms with Crippen LogP contribution in [-0.4, -0.2) is 29.8 Å². The standard InChI is InChI=1S/C22H22ClNO4/c1-13(24-21(26)18-8-3-4-9-19(18)23)22(27)28-14(2)20(25)17-11-10-15-6-5-7-16(15)12-17/h3-4,8-14H,5-7H2,1-2H3,(H,24,26). The van der Waals surface area contributed by atoms with Crippen LogP contribution in [-0.2, 0) is 22.4 Å². The van der Waals surface area contributed by atoms with Gasteiger partial charge in [-0.3, -0.25) is 9.59 Å². The second-order valence-corrected chi connectivity index (χ2v) is 7.36. The molecule has 0 bridgehead atoms. The van der Waals surface area contributed by atoms with Crippen molar-refractivity contribution in [2.45, 2.75) is 45.3 Å². The van der Waals surface area contributed by atoms with Gasteiger partial charge in [-0.2, -0.15) is 0 Å². The minimum Gasteiger partial charge on any atom is -0.453 e. The average molecular weight is 400 g/mol. The maximum absolute atomic E-state index is 12.6. The molecule has 0 saturated carbocycles. The Bertz CT molecular complexity index is 925. The van der Waals surface area contributed by atoms with E-state index in [1.165, 1.54) is 25.0 Å². The highest BCUT2D eigenvalue weighted by atomic mass is 35.5. The Kier molecular flexibility index (Phi) is 6.15. The number of nitrogens with one attached hydrogen (secondary N) is 1. The molecule has 0 saturated heterocycles. The summed E-state index contributed by atoms with van der Waals surface area (Å²) in [5, 5.41) is 2.84. The minimum atomic E-state index is -0.938. The fourth-order valence-electron chi connectivity index (χ4n) is 3.27. The van der Waals surface area contributed by atoms with Gasteiger partial charge in [-0.25, -0.2) is 4.79 Å². The average Bonchev–Trinajstić information content (AvgIpc) is 3.15. The Labute approximate surface area is 169 Å². The van der Waals surface area contributed by atoms with Crippen molar-refractivity contribution < 1.29 is 19.1 Å². The van der Waals surface area contributed by atoms with Crippen molar-refractivity contribution in [2.75, 3.05) is 0 Å². The molecule has 3 rings (SSSR count). The number of carbonyl (C=O) groups excluding carboxylic acids is 3. The number of rotatable bonds is 6. The normalized spacial score (nSPS) is 14.7. The third-order valence-electron chi connectivity index (χ3n) is 4.86. The van der Waals surface area contributed by atoms with Gasteiger partial charge in [-0.1, -0.05) is 35.9 Å². The fraction of sp³-hybridized carbons (Fsp3) is 0.318. The van der Waals surface area contributed by atoms with E-state index in [4.69, 9.17) is 16.3 Å². The van der Waals surface area contributed by atoms with Crippen molar-refractivity contribution in [1.82, 2.24) is 5.32 Å². The second-order valence-electron chi connectivity index (χ2n) is 6.96. The van der Waals surface area contributed by atoms with E-state index in [-0.39, 0.29) is 11.3 Å². The lowest BCUT2D eigenvalue weighted by atomic mass is 10.0. The van der Waals surface area contributed by atoms with E-state index in [2.05, 4.69) is 5.32 Å². The first kappa shape index (κ1) is 20.1. The summed E-state index contributed by atoms with van der Waals surface area (Å²) in [6.07, 6.45) is 2.17. The number of amides is 1. The number of aryl methyl sites for hydroxylation is 2. The van der Waals surface area contributed by atoms with Crippen LogP contribution in [0.25, 0.3) is 0 Å². The summed E-state index contributed by atoms with van der Waals surface area (Å²) in [4.78, 5) is 37.2. The molecule has 0 heterocycles. The molecule has 2 atom stereocenters.